The summed E-state index contributed by atoms with van der Waals surface area (Å²) in [5, 5.41) is 0.0863. The standard InChI is InChI=1S/C17H23NO4S/c1-17(2,3)22-16(20)18-11-13(10-14(18)15(19)21-4)23-12-8-6-5-7-9-12/h5-9,13-14H,10-11H2,1-4H3/t13-,14-/m0/s1/i1D. The van der Waals surface area contributed by atoms with Crippen LogP contribution in [0.25, 0.3) is 0 Å². The first kappa shape index (κ1) is 16.2. The summed E-state index contributed by atoms with van der Waals surface area (Å²) in [5.74, 6) is -0.438. The van der Waals surface area contributed by atoms with Gasteiger partial charge in [0.15, 0.2) is 0 Å². The summed E-state index contributed by atoms with van der Waals surface area (Å²) < 4.78 is 17.6. The van der Waals surface area contributed by atoms with E-state index in [0.29, 0.717) is 13.0 Å². The lowest BCUT2D eigenvalue weighted by Gasteiger charge is -2.27. The van der Waals surface area contributed by atoms with Crippen LogP contribution in [0.3, 0.4) is 0 Å². The van der Waals surface area contributed by atoms with Crippen molar-refractivity contribution in [3.05, 3.63) is 30.3 Å². The van der Waals surface area contributed by atoms with Gasteiger partial charge in [-0.15, -0.1) is 11.8 Å². The first-order valence-corrected chi connectivity index (χ1v) is 8.32. The molecule has 6 heteroatoms. The van der Waals surface area contributed by atoms with Crippen molar-refractivity contribution in [1.82, 2.24) is 4.90 Å². The molecule has 1 saturated heterocycles. The molecule has 1 fully saturated rings. The normalized spacial score (nSPS) is 21.7. The van der Waals surface area contributed by atoms with E-state index in [1.807, 2.05) is 30.3 Å². The smallest absolute Gasteiger partial charge is 0.411 e. The summed E-state index contributed by atoms with van der Waals surface area (Å²) in [6.07, 6.45) is -0.0540. The number of carbonyl (C=O) groups is 2. The molecule has 2 atom stereocenters. The van der Waals surface area contributed by atoms with Crippen LogP contribution in [0.2, 0.25) is 0 Å². The van der Waals surface area contributed by atoms with Gasteiger partial charge in [-0.1, -0.05) is 18.2 Å². The van der Waals surface area contributed by atoms with Crippen LogP contribution in [0.15, 0.2) is 35.2 Å². The van der Waals surface area contributed by atoms with Crippen molar-refractivity contribution in [2.45, 2.75) is 49.0 Å². The average molecular weight is 338 g/mol. The molecule has 0 saturated carbocycles. The molecule has 0 bridgehead atoms. The highest BCUT2D eigenvalue weighted by Gasteiger charge is 2.42. The number of methoxy groups -OCH3 is 1. The second-order valence-corrected chi connectivity index (χ2v) is 7.48. The second-order valence-electron chi connectivity index (χ2n) is 6.11. The fraction of sp³-hybridized carbons (Fsp3) is 0.529. The van der Waals surface area contributed by atoms with Crippen LogP contribution in [0.4, 0.5) is 4.79 Å². The molecule has 0 aromatic heterocycles. The molecule has 2 rings (SSSR count). The molecule has 0 aliphatic carbocycles. The van der Waals surface area contributed by atoms with Gasteiger partial charge in [0, 0.05) is 18.1 Å². The Labute approximate surface area is 142 Å². The SMILES string of the molecule is [2H]CC(C)(C)OC(=O)N1C[C@@H](Sc2ccccc2)C[C@H]1C(=O)OC. The lowest BCUT2D eigenvalue weighted by Crippen LogP contribution is -2.43. The molecule has 1 aromatic rings. The first-order valence-electron chi connectivity index (χ1n) is 8.15. The summed E-state index contributed by atoms with van der Waals surface area (Å²) in [7, 11) is 1.32. The maximum atomic E-state index is 12.5. The van der Waals surface area contributed by atoms with Gasteiger partial charge in [-0.25, -0.2) is 9.59 Å². The Balaban J connectivity index is 2.09. The molecule has 1 aliphatic heterocycles. The van der Waals surface area contributed by atoms with E-state index in [0.717, 1.165) is 4.90 Å². The minimum Gasteiger partial charge on any atom is -0.467 e. The number of rotatable bonds is 3. The van der Waals surface area contributed by atoms with E-state index < -0.39 is 23.7 Å². The van der Waals surface area contributed by atoms with Gasteiger partial charge in [-0.3, -0.25) is 4.90 Å². The van der Waals surface area contributed by atoms with Crippen molar-refractivity contribution in [2.75, 3.05) is 13.7 Å². The van der Waals surface area contributed by atoms with Crippen LogP contribution < -0.4 is 0 Å². The summed E-state index contributed by atoms with van der Waals surface area (Å²) >= 11 is 1.63. The van der Waals surface area contributed by atoms with E-state index in [2.05, 4.69) is 0 Å². The molecule has 1 aromatic carbocycles. The third-order valence-electron chi connectivity index (χ3n) is 3.38. The zero-order chi connectivity index (χ0) is 17.7. The number of nitrogens with zero attached hydrogens (tertiary/aromatic N) is 1. The largest absolute Gasteiger partial charge is 0.467 e. The Hall–Kier alpha value is -1.69. The van der Waals surface area contributed by atoms with Crippen LogP contribution in [-0.4, -0.2) is 47.5 Å². The zero-order valence-electron chi connectivity index (χ0n) is 14.7. The maximum absolute atomic E-state index is 12.5. The molecule has 0 spiro atoms. The fourth-order valence-electron chi connectivity index (χ4n) is 2.43. The molecule has 1 aliphatic rings. The number of hydrogen-bond acceptors (Lipinski definition) is 5. The van der Waals surface area contributed by atoms with Gasteiger partial charge in [0.2, 0.25) is 0 Å². The van der Waals surface area contributed by atoms with Crippen molar-refractivity contribution in [3.63, 3.8) is 0 Å². The topological polar surface area (TPSA) is 55.8 Å². The number of esters is 1. The number of ether oxygens (including phenoxy) is 2. The van der Waals surface area contributed by atoms with Crippen molar-refractivity contribution < 1.29 is 20.4 Å². The van der Waals surface area contributed by atoms with E-state index in [-0.39, 0.29) is 12.1 Å². The number of benzene rings is 1. The molecule has 5 nitrogen and oxygen atoms in total. The van der Waals surface area contributed by atoms with E-state index in [1.54, 1.807) is 25.6 Å². The Kier molecular flexibility index (Phi) is 5.10. The number of hydrogen-bond donors (Lipinski definition) is 0. The van der Waals surface area contributed by atoms with Crippen LogP contribution >= 0.6 is 11.8 Å². The zero-order valence-corrected chi connectivity index (χ0v) is 14.5. The Morgan fingerprint density at radius 2 is 2.04 bits per heavy atom. The predicted molar refractivity (Wildman–Crippen MR) is 89.4 cm³/mol. The minimum atomic E-state index is -0.886. The van der Waals surface area contributed by atoms with Gasteiger partial charge in [-0.05, 0) is 39.3 Å². The lowest BCUT2D eigenvalue weighted by atomic mass is 10.2. The van der Waals surface area contributed by atoms with Gasteiger partial charge in [0.25, 0.3) is 0 Å². The van der Waals surface area contributed by atoms with Gasteiger partial charge in [0.1, 0.15) is 11.6 Å². The van der Waals surface area contributed by atoms with Crippen molar-refractivity contribution in [2.24, 2.45) is 0 Å². The summed E-state index contributed by atoms with van der Waals surface area (Å²) in [4.78, 5) is 27.0. The van der Waals surface area contributed by atoms with E-state index in [9.17, 15) is 9.59 Å². The molecule has 126 valence electrons. The highest BCUT2D eigenvalue weighted by Crippen LogP contribution is 2.34. The molecule has 0 radical (unpaired) electrons. The maximum Gasteiger partial charge on any atom is 0.411 e. The first-order chi connectivity index (χ1) is 11.4. The molecule has 0 N–H and O–H groups in total. The van der Waals surface area contributed by atoms with Gasteiger partial charge < -0.3 is 9.47 Å². The highest BCUT2D eigenvalue weighted by atomic mass is 32.2. The molecule has 1 heterocycles. The number of carbonyl (C=O) groups excluding carboxylic acids is 2. The quantitative estimate of drug-likeness (QED) is 0.791. The third kappa shape index (κ3) is 4.89. The number of thioether (sulfide) groups is 1. The monoisotopic (exact) mass is 338 g/mol. The molecule has 0 unspecified atom stereocenters. The summed E-state index contributed by atoms with van der Waals surface area (Å²) in [5.41, 5.74) is -0.886. The molecule has 1 amide bonds. The van der Waals surface area contributed by atoms with Crippen LogP contribution in [0, 0.1) is 0 Å². The third-order valence-corrected chi connectivity index (χ3v) is 4.60. The van der Waals surface area contributed by atoms with Crippen molar-refractivity contribution >= 4 is 23.8 Å². The van der Waals surface area contributed by atoms with E-state index >= 15 is 0 Å². The lowest BCUT2D eigenvalue weighted by molar-refractivity contribution is -0.145. The van der Waals surface area contributed by atoms with Crippen LogP contribution in [0.1, 0.15) is 28.5 Å². The van der Waals surface area contributed by atoms with E-state index in [1.165, 1.54) is 12.0 Å². The van der Waals surface area contributed by atoms with Crippen LogP contribution in [0.5, 0.6) is 0 Å². The summed E-state index contributed by atoms with van der Waals surface area (Å²) in [6.45, 7) is 3.72. The van der Waals surface area contributed by atoms with Gasteiger partial charge in [-0.2, -0.15) is 0 Å². The van der Waals surface area contributed by atoms with E-state index in [4.69, 9.17) is 10.8 Å². The molecule has 23 heavy (non-hydrogen) atoms. The summed E-state index contributed by atoms with van der Waals surface area (Å²) in [6, 6.07) is 9.22. The van der Waals surface area contributed by atoms with Crippen molar-refractivity contribution in [1.29, 1.82) is 0 Å². The molecular weight excluding hydrogens is 314 g/mol. The number of likely N-dealkylation sites (tertiary alicyclic amines) is 1. The van der Waals surface area contributed by atoms with Crippen LogP contribution in [-0.2, 0) is 14.3 Å². The average Bonchev–Trinajstić information content (AvgIpc) is 2.98. The number of amides is 1. The van der Waals surface area contributed by atoms with Crippen molar-refractivity contribution in [3.8, 4) is 0 Å². The molecular formula is C17H23NO4S. The highest BCUT2D eigenvalue weighted by molar-refractivity contribution is 8.00. The Morgan fingerprint density at radius 1 is 1.35 bits per heavy atom. The Bertz CT molecular complexity index is 581. The second kappa shape index (κ2) is 7.25. The van der Waals surface area contributed by atoms with Gasteiger partial charge >= 0.3 is 12.1 Å². The van der Waals surface area contributed by atoms with Gasteiger partial charge in [0.05, 0.1) is 7.11 Å². The predicted octanol–water partition coefficient (Wildman–Crippen LogP) is 3.33. The fourth-order valence-corrected chi connectivity index (χ4v) is 3.64. The minimum absolute atomic E-state index is 0.0440. The Morgan fingerprint density at radius 3 is 2.65 bits per heavy atom.